The van der Waals surface area contributed by atoms with Crippen LogP contribution in [0.25, 0.3) is 0 Å². The first-order valence-corrected chi connectivity index (χ1v) is 6.69. The van der Waals surface area contributed by atoms with E-state index in [1.807, 2.05) is 6.92 Å². The first-order valence-electron chi connectivity index (χ1n) is 5.91. The zero-order valence-electron chi connectivity index (χ0n) is 11.5. The molecule has 1 aromatic carbocycles. The molecule has 5 nitrogen and oxygen atoms in total. The minimum atomic E-state index is -0.462. The molecule has 0 aliphatic carbocycles. The first-order chi connectivity index (χ1) is 9.47. The van der Waals surface area contributed by atoms with Gasteiger partial charge in [-0.05, 0) is 37.3 Å². The van der Waals surface area contributed by atoms with Crippen LogP contribution >= 0.6 is 23.8 Å². The second-order valence-corrected chi connectivity index (χ2v) is 4.91. The third-order valence-electron chi connectivity index (χ3n) is 2.55. The van der Waals surface area contributed by atoms with Crippen LogP contribution in [-0.2, 0) is 9.47 Å². The van der Waals surface area contributed by atoms with Crippen molar-refractivity contribution in [3.05, 3.63) is 34.9 Å². The summed E-state index contributed by atoms with van der Waals surface area (Å²) in [4.78, 5) is 11.9. The number of amides is 1. The van der Waals surface area contributed by atoms with E-state index in [4.69, 9.17) is 33.3 Å². The van der Waals surface area contributed by atoms with Gasteiger partial charge in [0.2, 0.25) is 0 Å². The number of nitrogens with one attached hydrogen (secondary N) is 2. The fraction of sp³-hybridized carbons (Fsp3) is 0.385. The molecule has 0 bridgehead atoms. The van der Waals surface area contributed by atoms with Gasteiger partial charge in [-0.2, -0.15) is 0 Å². The number of benzene rings is 1. The summed E-state index contributed by atoms with van der Waals surface area (Å²) in [6, 6.07) is 6.40. The zero-order chi connectivity index (χ0) is 15.1. The van der Waals surface area contributed by atoms with Crippen molar-refractivity contribution in [2.75, 3.05) is 14.2 Å². The van der Waals surface area contributed by atoms with Crippen LogP contribution in [-0.4, -0.2) is 37.6 Å². The highest BCUT2D eigenvalue weighted by Gasteiger charge is 2.17. The highest BCUT2D eigenvalue weighted by atomic mass is 35.5. The molecule has 0 aromatic heterocycles. The molecule has 7 heteroatoms. The number of hydrogen-bond acceptors (Lipinski definition) is 4. The molecule has 0 spiro atoms. The molecule has 0 heterocycles. The summed E-state index contributed by atoms with van der Waals surface area (Å²) in [5.74, 6) is -0.330. The molecule has 2 N–H and O–H groups in total. The molecule has 110 valence electrons. The molecule has 1 atom stereocenters. The molecule has 0 aliphatic heterocycles. The van der Waals surface area contributed by atoms with Gasteiger partial charge in [-0.3, -0.25) is 10.1 Å². The average Bonchev–Trinajstić information content (AvgIpc) is 2.39. The van der Waals surface area contributed by atoms with E-state index in [1.54, 1.807) is 24.3 Å². The van der Waals surface area contributed by atoms with Crippen molar-refractivity contribution < 1.29 is 14.3 Å². The lowest BCUT2D eigenvalue weighted by Gasteiger charge is -2.23. The Morgan fingerprint density at radius 2 is 2.00 bits per heavy atom. The number of carbonyl (C=O) groups is 1. The highest BCUT2D eigenvalue weighted by Crippen LogP contribution is 2.10. The number of thiocarbonyl (C=S) groups is 1. The number of methoxy groups -OCH3 is 2. The molecule has 0 saturated heterocycles. The predicted molar refractivity (Wildman–Crippen MR) is 81.9 cm³/mol. The van der Waals surface area contributed by atoms with E-state index in [2.05, 4.69) is 10.6 Å². The average molecular weight is 317 g/mol. The van der Waals surface area contributed by atoms with Crippen LogP contribution in [0.4, 0.5) is 0 Å². The Hall–Kier alpha value is -1.21. The third kappa shape index (κ3) is 5.05. The fourth-order valence-corrected chi connectivity index (χ4v) is 2.09. The summed E-state index contributed by atoms with van der Waals surface area (Å²) in [5.41, 5.74) is 0.435. The van der Waals surface area contributed by atoms with Crippen LogP contribution in [0.2, 0.25) is 5.02 Å². The van der Waals surface area contributed by atoms with E-state index in [1.165, 1.54) is 14.2 Å². The third-order valence-corrected chi connectivity index (χ3v) is 3.00. The van der Waals surface area contributed by atoms with Crippen molar-refractivity contribution in [3.8, 4) is 0 Å². The van der Waals surface area contributed by atoms with Gasteiger partial charge in [0, 0.05) is 24.8 Å². The van der Waals surface area contributed by atoms with Crippen molar-refractivity contribution in [2.45, 2.75) is 19.3 Å². The topological polar surface area (TPSA) is 59.6 Å². The summed E-state index contributed by atoms with van der Waals surface area (Å²) < 4.78 is 10.2. The number of hydrogen-bond donors (Lipinski definition) is 2. The Kier molecular flexibility index (Phi) is 6.87. The van der Waals surface area contributed by atoms with Crippen LogP contribution < -0.4 is 10.6 Å². The van der Waals surface area contributed by atoms with Gasteiger partial charge in [0.25, 0.3) is 5.91 Å². The molecule has 0 saturated carbocycles. The zero-order valence-corrected chi connectivity index (χ0v) is 13.0. The smallest absolute Gasteiger partial charge is 0.257 e. The van der Waals surface area contributed by atoms with Gasteiger partial charge in [0.15, 0.2) is 11.4 Å². The molecular weight excluding hydrogens is 300 g/mol. The van der Waals surface area contributed by atoms with E-state index < -0.39 is 6.29 Å². The molecule has 1 aromatic rings. The Bertz CT molecular complexity index is 480. The van der Waals surface area contributed by atoms with Crippen LogP contribution in [0, 0.1) is 0 Å². The van der Waals surface area contributed by atoms with Crippen LogP contribution in [0.3, 0.4) is 0 Å². The summed E-state index contributed by atoms with van der Waals surface area (Å²) in [5, 5.41) is 6.17. The molecule has 20 heavy (non-hydrogen) atoms. The second kappa shape index (κ2) is 8.16. The predicted octanol–water partition coefficient (Wildman–Crippen LogP) is 1.95. The molecule has 0 radical (unpaired) electrons. The number of ether oxygens (including phenoxy) is 2. The molecule has 0 aliphatic rings. The van der Waals surface area contributed by atoms with Gasteiger partial charge < -0.3 is 14.8 Å². The maximum Gasteiger partial charge on any atom is 0.257 e. The minimum Gasteiger partial charge on any atom is -0.355 e. The quantitative estimate of drug-likeness (QED) is 0.642. The van der Waals surface area contributed by atoms with Gasteiger partial charge in [-0.1, -0.05) is 17.7 Å². The van der Waals surface area contributed by atoms with E-state index in [0.29, 0.717) is 10.6 Å². The maximum absolute atomic E-state index is 11.9. The van der Waals surface area contributed by atoms with Gasteiger partial charge in [0.05, 0.1) is 6.04 Å². The Morgan fingerprint density at radius 3 is 2.55 bits per heavy atom. The Balaban J connectivity index is 2.56. The molecule has 1 rings (SSSR count). The van der Waals surface area contributed by atoms with Crippen molar-refractivity contribution in [1.29, 1.82) is 0 Å². The fourth-order valence-electron chi connectivity index (χ4n) is 1.62. The SMILES string of the molecule is COC(OC)C(C)NC(=S)NC(=O)c1cccc(Cl)c1. The van der Waals surface area contributed by atoms with E-state index in [-0.39, 0.29) is 17.1 Å². The molecule has 1 unspecified atom stereocenters. The normalized spacial score (nSPS) is 12.1. The van der Waals surface area contributed by atoms with Gasteiger partial charge in [-0.25, -0.2) is 0 Å². The molecular formula is C13H17ClN2O3S. The van der Waals surface area contributed by atoms with Crippen molar-refractivity contribution in [3.63, 3.8) is 0 Å². The van der Waals surface area contributed by atoms with Gasteiger partial charge >= 0.3 is 0 Å². The lowest BCUT2D eigenvalue weighted by molar-refractivity contribution is -0.116. The van der Waals surface area contributed by atoms with E-state index >= 15 is 0 Å². The number of halogens is 1. The number of rotatable bonds is 5. The van der Waals surface area contributed by atoms with Gasteiger partial charge in [-0.15, -0.1) is 0 Å². The lowest BCUT2D eigenvalue weighted by Crippen LogP contribution is -2.48. The van der Waals surface area contributed by atoms with Crippen molar-refractivity contribution >= 4 is 34.8 Å². The lowest BCUT2D eigenvalue weighted by atomic mass is 10.2. The largest absolute Gasteiger partial charge is 0.355 e. The minimum absolute atomic E-state index is 0.196. The summed E-state index contributed by atoms with van der Waals surface area (Å²) in [6.07, 6.45) is -0.462. The summed E-state index contributed by atoms with van der Waals surface area (Å²) >= 11 is 10.9. The summed E-state index contributed by atoms with van der Waals surface area (Å²) in [6.45, 7) is 1.83. The standard InChI is InChI=1S/C13H17ClN2O3S/c1-8(12(18-2)19-3)15-13(20)16-11(17)9-5-4-6-10(14)7-9/h4-8,12H,1-3H3,(H2,15,16,17,20). The summed E-state index contributed by atoms with van der Waals surface area (Å²) in [7, 11) is 3.06. The van der Waals surface area contributed by atoms with Crippen LogP contribution in [0.5, 0.6) is 0 Å². The van der Waals surface area contributed by atoms with Crippen LogP contribution in [0.1, 0.15) is 17.3 Å². The molecule has 0 fully saturated rings. The maximum atomic E-state index is 11.9. The van der Waals surface area contributed by atoms with Crippen molar-refractivity contribution in [1.82, 2.24) is 10.6 Å². The van der Waals surface area contributed by atoms with E-state index in [9.17, 15) is 4.79 Å². The van der Waals surface area contributed by atoms with Crippen molar-refractivity contribution in [2.24, 2.45) is 0 Å². The van der Waals surface area contributed by atoms with E-state index in [0.717, 1.165) is 0 Å². The van der Waals surface area contributed by atoms with Gasteiger partial charge in [0.1, 0.15) is 0 Å². The monoisotopic (exact) mass is 316 g/mol. The second-order valence-electron chi connectivity index (χ2n) is 4.07. The Labute approximate surface area is 128 Å². The number of carbonyl (C=O) groups excluding carboxylic acids is 1. The molecule has 1 amide bonds. The first kappa shape index (κ1) is 16.8. The highest BCUT2D eigenvalue weighted by molar-refractivity contribution is 7.80. The van der Waals surface area contributed by atoms with Crippen LogP contribution in [0.15, 0.2) is 24.3 Å². The Morgan fingerprint density at radius 1 is 1.35 bits per heavy atom.